The topological polar surface area (TPSA) is 55.8 Å². The van der Waals surface area contributed by atoms with Gasteiger partial charge in [0.1, 0.15) is 11.6 Å². The molecule has 6 heteroatoms. The molecule has 0 N–H and O–H groups in total. The second-order valence-corrected chi connectivity index (χ2v) is 6.34. The van der Waals surface area contributed by atoms with Gasteiger partial charge < -0.3 is 14.4 Å². The molecule has 0 fully saturated rings. The van der Waals surface area contributed by atoms with Gasteiger partial charge in [0.15, 0.2) is 0 Å². The zero-order valence-corrected chi connectivity index (χ0v) is 16.3. The lowest BCUT2D eigenvalue weighted by Gasteiger charge is -2.23. The second kappa shape index (κ2) is 11.1. The predicted molar refractivity (Wildman–Crippen MR) is 105 cm³/mol. The molecule has 0 aliphatic rings. The Morgan fingerprint density at radius 1 is 0.964 bits per heavy atom. The second-order valence-electron chi connectivity index (χ2n) is 6.34. The largest absolute Gasteiger partial charge is 0.497 e. The van der Waals surface area contributed by atoms with Crippen LogP contribution >= 0.6 is 0 Å². The summed E-state index contributed by atoms with van der Waals surface area (Å²) in [5, 5.41) is 0. The first-order valence-electron chi connectivity index (χ1n) is 9.32. The van der Waals surface area contributed by atoms with Crippen LogP contribution < -0.4 is 4.74 Å². The van der Waals surface area contributed by atoms with Gasteiger partial charge in [-0.3, -0.25) is 9.59 Å². The van der Waals surface area contributed by atoms with Gasteiger partial charge in [-0.15, -0.1) is 0 Å². The fraction of sp³-hybridized carbons (Fsp3) is 0.364. The number of carbonyl (C=O) groups excluding carboxylic acids is 2. The highest BCUT2D eigenvalue weighted by Gasteiger charge is 2.16. The molecular formula is C22H26FNO4. The number of benzene rings is 2. The van der Waals surface area contributed by atoms with E-state index in [2.05, 4.69) is 0 Å². The van der Waals surface area contributed by atoms with Crippen LogP contribution in [0.15, 0.2) is 48.5 Å². The van der Waals surface area contributed by atoms with Crippen molar-refractivity contribution in [2.24, 2.45) is 0 Å². The van der Waals surface area contributed by atoms with E-state index in [1.807, 2.05) is 24.3 Å². The van der Waals surface area contributed by atoms with Gasteiger partial charge in [-0.1, -0.05) is 24.3 Å². The lowest BCUT2D eigenvalue weighted by molar-refractivity contribution is -0.144. The highest BCUT2D eigenvalue weighted by molar-refractivity contribution is 5.79. The number of amides is 1. The van der Waals surface area contributed by atoms with Gasteiger partial charge in [0.25, 0.3) is 0 Å². The third-order valence-electron chi connectivity index (χ3n) is 4.34. The van der Waals surface area contributed by atoms with Crippen LogP contribution in [-0.2, 0) is 27.2 Å². The van der Waals surface area contributed by atoms with E-state index in [1.54, 1.807) is 31.1 Å². The molecule has 2 aromatic carbocycles. The Balaban J connectivity index is 2.00. The molecule has 0 saturated heterocycles. The summed E-state index contributed by atoms with van der Waals surface area (Å²) in [6.45, 7) is 2.79. The molecule has 0 bridgehead atoms. The predicted octanol–water partition coefficient (Wildman–Crippen LogP) is 3.40. The van der Waals surface area contributed by atoms with Crippen molar-refractivity contribution in [3.63, 3.8) is 0 Å². The Labute approximate surface area is 165 Å². The third-order valence-corrected chi connectivity index (χ3v) is 4.34. The number of rotatable bonds is 10. The average Bonchev–Trinajstić information content (AvgIpc) is 2.70. The number of hydrogen-bond donors (Lipinski definition) is 0. The van der Waals surface area contributed by atoms with Crippen LogP contribution in [0, 0.1) is 5.82 Å². The van der Waals surface area contributed by atoms with Crippen molar-refractivity contribution in [1.29, 1.82) is 0 Å². The number of halogens is 1. The van der Waals surface area contributed by atoms with Gasteiger partial charge in [-0.2, -0.15) is 0 Å². The molecule has 2 rings (SSSR count). The van der Waals surface area contributed by atoms with Gasteiger partial charge in [-0.05, 0) is 48.7 Å². The van der Waals surface area contributed by atoms with E-state index >= 15 is 0 Å². The van der Waals surface area contributed by atoms with Crippen LogP contribution in [0.5, 0.6) is 5.75 Å². The van der Waals surface area contributed by atoms with E-state index in [0.717, 1.165) is 16.9 Å². The SMILES string of the molecule is CCOC(=O)CCN(CCc1ccc(F)cc1)C(=O)Cc1ccc(OC)cc1. The molecule has 0 unspecified atom stereocenters. The zero-order valence-electron chi connectivity index (χ0n) is 16.3. The third kappa shape index (κ3) is 7.02. The van der Waals surface area contributed by atoms with Crippen molar-refractivity contribution >= 4 is 11.9 Å². The monoisotopic (exact) mass is 387 g/mol. The van der Waals surface area contributed by atoms with Gasteiger partial charge in [0.2, 0.25) is 5.91 Å². The molecule has 0 heterocycles. The van der Waals surface area contributed by atoms with E-state index in [-0.39, 0.29) is 37.1 Å². The minimum Gasteiger partial charge on any atom is -0.497 e. The number of hydrogen-bond acceptors (Lipinski definition) is 4. The van der Waals surface area contributed by atoms with E-state index in [9.17, 15) is 14.0 Å². The van der Waals surface area contributed by atoms with Gasteiger partial charge in [-0.25, -0.2) is 4.39 Å². The van der Waals surface area contributed by atoms with Crippen LogP contribution in [0.1, 0.15) is 24.5 Å². The fourth-order valence-corrected chi connectivity index (χ4v) is 2.77. The molecule has 0 spiro atoms. The summed E-state index contributed by atoms with van der Waals surface area (Å²) in [5.41, 5.74) is 1.80. The molecule has 0 saturated carbocycles. The summed E-state index contributed by atoms with van der Waals surface area (Å²) < 4.78 is 23.2. The smallest absolute Gasteiger partial charge is 0.307 e. The fourth-order valence-electron chi connectivity index (χ4n) is 2.77. The minimum absolute atomic E-state index is 0.0726. The highest BCUT2D eigenvalue weighted by Crippen LogP contribution is 2.13. The number of methoxy groups -OCH3 is 1. The van der Waals surface area contributed by atoms with E-state index in [4.69, 9.17) is 9.47 Å². The number of ether oxygens (including phenoxy) is 2. The van der Waals surface area contributed by atoms with E-state index in [1.165, 1.54) is 12.1 Å². The lowest BCUT2D eigenvalue weighted by Crippen LogP contribution is -2.36. The molecule has 0 aromatic heterocycles. The quantitative estimate of drug-likeness (QED) is 0.587. The molecule has 0 radical (unpaired) electrons. The molecule has 0 aliphatic carbocycles. The van der Waals surface area contributed by atoms with Crippen LogP contribution in [0.4, 0.5) is 4.39 Å². The first-order chi connectivity index (χ1) is 13.5. The highest BCUT2D eigenvalue weighted by atomic mass is 19.1. The Kier molecular flexibility index (Phi) is 8.46. The Bertz CT molecular complexity index is 759. The Hall–Kier alpha value is -2.89. The number of carbonyl (C=O) groups is 2. The molecule has 0 aliphatic heterocycles. The van der Waals surface area contributed by atoms with Crippen LogP contribution in [0.25, 0.3) is 0 Å². The van der Waals surface area contributed by atoms with Gasteiger partial charge >= 0.3 is 5.97 Å². The van der Waals surface area contributed by atoms with Crippen LogP contribution in [-0.4, -0.2) is 43.6 Å². The molecule has 5 nitrogen and oxygen atoms in total. The summed E-state index contributed by atoms with van der Waals surface area (Å²) in [6.07, 6.45) is 0.958. The first-order valence-corrected chi connectivity index (χ1v) is 9.32. The van der Waals surface area contributed by atoms with Crippen molar-refractivity contribution in [2.75, 3.05) is 26.8 Å². The summed E-state index contributed by atoms with van der Waals surface area (Å²) in [5.74, 6) is 0.0354. The Morgan fingerprint density at radius 3 is 2.21 bits per heavy atom. The van der Waals surface area contributed by atoms with E-state index < -0.39 is 0 Å². The van der Waals surface area contributed by atoms with Gasteiger partial charge in [0, 0.05) is 13.1 Å². The summed E-state index contributed by atoms with van der Waals surface area (Å²) in [7, 11) is 1.59. The van der Waals surface area contributed by atoms with Crippen molar-refractivity contribution < 1.29 is 23.5 Å². The van der Waals surface area contributed by atoms with Crippen molar-refractivity contribution in [3.05, 3.63) is 65.5 Å². The first kappa shape index (κ1) is 21.4. The van der Waals surface area contributed by atoms with Crippen LogP contribution in [0.3, 0.4) is 0 Å². The minimum atomic E-state index is -0.327. The zero-order chi connectivity index (χ0) is 20.4. The van der Waals surface area contributed by atoms with Gasteiger partial charge in [0.05, 0.1) is 26.6 Å². The van der Waals surface area contributed by atoms with Crippen molar-refractivity contribution in [2.45, 2.75) is 26.2 Å². The molecular weight excluding hydrogens is 361 g/mol. The summed E-state index contributed by atoms with van der Waals surface area (Å²) in [6, 6.07) is 13.5. The van der Waals surface area contributed by atoms with Crippen molar-refractivity contribution in [3.8, 4) is 5.75 Å². The lowest BCUT2D eigenvalue weighted by atomic mass is 10.1. The van der Waals surface area contributed by atoms with Crippen molar-refractivity contribution in [1.82, 2.24) is 4.90 Å². The standard InChI is InChI=1S/C22H26FNO4/c1-3-28-22(26)13-15-24(14-12-17-4-8-19(23)9-5-17)21(25)16-18-6-10-20(27-2)11-7-18/h4-11H,3,12-16H2,1-2H3. The normalized spacial score (nSPS) is 10.4. The summed E-state index contributed by atoms with van der Waals surface area (Å²) >= 11 is 0. The maximum absolute atomic E-state index is 13.1. The average molecular weight is 387 g/mol. The maximum Gasteiger partial charge on any atom is 0.307 e. The molecule has 1 amide bonds. The molecule has 150 valence electrons. The molecule has 2 aromatic rings. The van der Waals surface area contributed by atoms with Crippen LogP contribution in [0.2, 0.25) is 0 Å². The number of nitrogens with zero attached hydrogens (tertiary/aromatic N) is 1. The number of esters is 1. The maximum atomic E-state index is 13.1. The molecule has 0 atom stereocenters. The molecule has 28 heavy (non-hydrogen) atoms. The summed E-state index contributed by atoms with van der Waals surface area (Å²) in [4.78, 5) is 26.1. The Morgan fingerprint density at radius 2 is 1.61 bits per heavy atom. The van der Waals surface area contributed by atoms with E-state index in [0.29, 0.717) is 19.6 Å².